The molecule has 0 bridgehead atoms. The highest BCUT2D eigenvalue weighted by Crippen LogP contribution is 2.31. The molecule has 0 fully saturated rings. The number of hydrogen-bond acceptors (Lipinski definition) is 6. The first kappa shape index (κ1) is 21.1. The van der Waals surface area contributed by atoms with Crippen molar-refractivity contribution in [3.63, 3.8) is 0 Å². The van der Waals surface area contributed by atoms with E-state index in [9.17, 15) is 9.59 Å². The van der Waals surface area contributed by atoms with Gasteiger partial charge in [-0.3, -0.25) is 10.1 Å². The molecule has 0 aliphatic carbocycles. The molecule has 2 aromatic carbocycles. The van der Waals surface area contributed by atoms with E-state index in [2.05, 4.69) is 10.3 Å². The first-order chi connectivity index (χ1) is 14.8. The van der Waals surface area contributed by atoms with E-state index in [0.29, 0.717) is 21.5 Å². The van der Waals surface area contributed by atoms with Crippen LogP contribution in [0.1, 0.15) is 17.4 Å². The fourth-order valence-corrected chi connectivity index (χ4v) is 4.23. The van der Waals surface area contributed by atoms with Crippen molar-refractivity contribution in [3.05, 3.63) is 74.4 Å². The number of carbonyl (C=O) groups is 1. The summed E-state index contributed by atoms with van der Waals surface area (Å²) >= 11 is 7.46. The van der Waals surface area contributed by atoms with E-state index in [1.807, 2.05) is 32.0 Å². The zero-order valence-corrected chi connectivity index (χ0v) is 18.6. The topological polar surface area (TPSA) is 81.4 Å². The summed E-state index contributed by atoms with van der Waals surface area (Å²) in [5, 5.41) is 4.72. The van der Waals surface area contributed by atoms with E-state index in [1.54, 1.807) is 31.2 Å². The van der Waals surface area contributed by atoms with E-state index in [4.69, 9.17) is 20.8 Å². The predicted octanol–water partition coefficient (Wildman–Crippen LogP) is 5.59. The molecule has 4 rings (SSSR count). The maximum atomic E-state index is 12.6. The SMILES string of the molecule is Cc1sc(NC(=O)C(C)Oc2ccc3c(C)cc(=O)oc3c2)nc1-c1cccc(Cl)c1. The lowest BCUT2D eigenvalue weighted by Crippen LogP contribution is -2.30. The number of rotatable bonds is 5. The number of benzene rings is 2. The molecule has 1 N–H and O–H groups in total. The molecule has 2 heterocycles. The lowest BCUT2D eigenvalue weighted by Gasteiger charge is -2.14. The van der Waals surface area contributed by atoms with Crippen molar-refractivity contribution in [1.82, 2.24) is 4.98 Å². The molecule has 1 atom stereocenters. The van der Waals surface area contributed by atoms with Crippen molar-refractivity contribution >= 4 is 44.9 Å². The Morgan fingerprint density at radius 2 is 2.00 bits per heavy atom. The van der Waals surface area contributed by atoms with Crippen LogP contribution in [0.3, 0.4) is 0 Å². The van der Waals surface area contributed by atoms with Gasteiger partial charge in [0, 0.05) is 33.0 Å². The number of ether oxygens (including phenoxy) is 1. The predicted molar refractivity (Wildman–Crippen MR) is 123 cm³/mol. The first-order valence-electron chi connectivity index (χ1n) is 9.55. The molecule has 1 amide bonds. The van der Waals surface area contributed by atoms with Crippen LogP contribution in [0.25, 0.3) is 22.2 Å². The number of nitrogens with one attached hydrogen (secondary N) is 1. The van der Waals surface area contributed by atoms with Crippen LogP contribution >= 0.6 is 22.9 Å². The van der Waals surface area contributed by atoms with Gasteiger partial charge in [0.15, 0.2) is 11.2 Å². The molecule has 4 aromatic rings. The second-order valence-corrected chi connectivity index (χ2v) is 8.73. The van der Waals surface area contributed by atoms with E-state index in [1.165, 1.54) is 17.4 Å². The number of hydrogen-bond donors (Lipinski definition) is 1. The molecule has 0 radical (unpaired) electrons. The van der Waals surface area contributed by atoms with Crippen LogP contribution < -0.4 is 15.7 Å². The Hall–Kier alpha value is -3.16. The minimum atomic E-state index is -0.784. The van der Waals surface area contributed by atoms with Crippen molar-refractivity contribution in [2.45, 2.75) is 26.9 Å². The van der Waals surface area contributed by atoms with Gasteiger partial charge in [0.2, 0.25) is 0 Å². The summed E-state index contributed by atoms with van der Waals surface area (Å²) in [6, 6.07) is 14.0. The van der Waals surface area contributed by atoms with Crippen LogP contribution in [0.4, 0.5) is 5.13 Å². The summed E-state index contributed by atoms with van der Waals surface area (Å²) in [4.78, 5) is 29.7. The third-order valence-corrected chi connectivity index (χ3v) is 5.85. The Labute approximate surface area is 187 Å². The summed E-state index contributed by atoms with van der Waals surface area (Å²) in [6.07, 6.45) is -0.784. The minimum Gasteiger partial charge on any atom is -0.481 e. The van der Waals surface area contributed by atoms with Gasteiger partial charge in [-0.05, 0) is 50.6 Å². The Morgan fingerprint density at radius 1 is 1.19 bits per heavy atom. The highest BCUT2D eigenvalue weighted by atomic mass is 35.5. The Balaban J connectivity index is 1.49. The van der Waals surface area contributed by atoms with Crippen LogP contribution in [-0.2, 0) is 4.79 Å². The molecule has 0 aliphatic rings. The van der Waals surface area contributed by atoms with Gasteiger partial charge < -0.3 is 9.15 Å². The summed E-state index contributed by atoms with van der Waals surface area (Å²) in [5.41, 5.74) is 2.47. The summed E-state index contributed by atoms with van der Waals surface area (Å²) in [6.45, 7) is 5.42. The van der Waals surface area contributed by atoms with E-state index < -0.39 is 11.7 Å². The Morgan fingerprint density at radius 3 is 2.77 bits per heavy atom. The summed E-state index contributed by atoms with van der Waals surface area (Å²) < 4.78 is 11.0. The minimum absolute atomic E-state index is 0.336. The number of anilines is 1. The fourth-order valence-electron chi connectivity index (χ4n) is 3.20. The Kier molecular flexibility index (Phi) is 5.80. The third kappa shape index (κ3) is 4.62. The number of thiazole rings is 1. The summed E-state index contributed by atoms with van der Waals surface area (Å²) in [5.74, 6) is 0.0935. The Bertz CT molecular complexity index is 1350. The molecule has 6 nitrogen and oxygen atoms in total. The monoisotopic (exact) mass is 454 g/mol. The highest BCUT2D eigenvalue weighted by molar-refractivity contribution is 7.16. The smallest absolute Gasteiger partial charge is 0.336 e. The average molecular weight is 455 g/mol. The van der Waals surface area contributed by atoms with Gasteiger partial charge in [0.25, 0.3) is 5.91 Å². The number of amides is 1. The number of aromatic nitrogens is 1. The molecular weight excluding hydrogens is 436 g/mol. The van der Waals surface area contributed by atoms with Crippen molar-refractivity contribution < 1.29 is 13.9 Å². The van der Waals surface area contributed by atoms with E-state index in [0.717, 1.165) is 27.1 Å². The lowest BCUT2D eigenvalue weighted by atomic mass is 10.1. The molecule has 0 saturated heterocycles. The van der Waals surface area contributed by atoms with Gasteiger partial charge in [-0.2, -0.15) is 0 Å². The standard InChI is InChI=1S/C23H19ClN2O4S/c1-12-9-20(27)30-19-11-17(7-8-18(12)19)29-13(2)22(28)26-23-25-21(14(3)31-23)15-5-4-6-16(24)10-15/h4-11,13H,1-3H3,(H,25,26,28). The number of fused-ring (bicyclic) bond motifs is 1. The zero-order valence-electron chi connectivity index (χ0n) is 17.1. The second-order valence-electron chi connectivity index (χ2n) is 7.09. The highest BCUT2D eigenvalue weighted by Gasteiger charge is 2.19. The fraction of sp³-hybridized carbons (Fsp3) is 0.174. The number of halogens is 1. The number of carbonyl (C=O) groups excluding carboxylic acids is 1. The maximum absolute atomic E-state index is 12.6. The van der Waals surface area contributed by atoms with Crippen LogP contribution in [0.2, 0.25) is 5.02 Å². The van der Waals surface area contributed by atoms with Crippen LogP contribution in [0.15, 0.2) is 57.7 Å². The molecule has 1 unspecified atom stereocenters. The molecule has 31 heavy (non-hydrogen) atoms. The van der Waals surface area contributed by atoms with Crippen molar-refractivity contribution in [1.29, 1.82) is 0 Å². The van der Waals surface area contributed by atoms with Gasteiger partial charge in [-0.25, -0.2) is 9.78 Å². The maximum Gasteiger partial charge on any atom is 0.336 e. The van der Waals surface area contributed by atoms with Gasteiger partial charge >= 0.3 is 5.63 Å². The molecule has 8 heteroatoms. The molecular formula is C23H19ClN2O4S. The molecule has 2 aromatic heterocycles. The van der Waals surface area contributed by atoms with Gasteiger partial charge in [0.05, 0.1) is 5.69 Å². The van der Waals surface area contributed by atoms with Crippen LogP contribution in [-0.4, -0.2) is 17.0 Å². The normalized spacial score (nSPS) is 12.0. The largest absolute Gasteiger partial charge is 0.481 e. The van der Waals surface area contributed by atoms with Gasteiger partial charge in [0.1, 0.15) is 11.3 Å². The molecule has 0 aliphatic heterocycles. The first-order valence-corrected chi connectivity index (χ1v) is 10.7. The third-order valence-electron chi connectivity index (χ3n) is 4.73. The molecule has 0 saturated carbocycles. The van der Waals surface area contributed by atoms with Gasteiger partial charge in [-0.15, -0.1) is 11.3 Å². The lowest BCUT2D eigenvalue weighted by molar-refractivity contribution is -0.122. The van der Waals surface area contributed by atoms with Crippen molar-refractivity contribution in [3.8, 4) is 17.0 Å². The zero-order chi connectivity index (χ0) is 22.1. The van der Waals surface area contributed by atoms with Crippen LogP contribution in [0.5, 0.6) is 5.75 Å². The van der Waals surface area contributed by atoms with Crippen molar-refractivity contribution in [2.24, 2.45) is 0 Å². The average Bonchev–Trinajstić information content (AvgIpc) is 3.07. The quantitative estimate of drug-likeness (QED) is 0.397. The second kappa shape index (κ2) is 8.53. The van der Waals surface area contributed by atoms with E-state index in [-0.39, 0.29) is 5.91 Å². The molecule has 158 valence electrons. The number of aryl methyl sites for hydroxylation is 2. The summed E-state index contributed by atoms with van der Waals surface area (Å²) in [7, 11) is 0. The molecule has 0 spiro atoms. The van der Waals surface area contributed by atoms with E-state index >= 15 is 0 Å². The van der Waals surface area contributed by atoms with Gasteiger partial charge in [-0.1, -0.05) is 23.7 Å². The van der Waals surface area contributed by atoms with Crippen LogP contribution in [0, 0.1) is 13.8 Å². The number of nitrogens with zero attached hydrogens (tertiary/aromatic N) is 1. The van der Waals surface area contributed by atoms with Crippen molar-refractivity contribution in [2.75, 3.05) is 5.32 Å².